The summed E-state index contributed by atoms with van der Waals surface area (Å²) in [6, 6.07) is -0.438. The van der Waals surface area contributed by atoms with E-state index in [-0.39, 0.29) is 13.0 Å². The number of aliphatic hydroxyl groups is 1. The number of rotatable bonds is 2. The van der Waals surface area contributed by atoms with Crippen LogP contribution in [0.15, 0.2) is 15.8 Å². The van der Waals surface area contributed by atoms with E-state index in [1.807, 2.05) is 4.98 Å². The van der Waals surface area contributed by atoms with E-state index in [0.29, 0.717) is 0 Å². The Morgan fingerprint density at radius 2 is 2.35 bits per heavy atom. The molecule has 0 amide bonds. The Bertz CT molecular complexity index is 526. The van der Waals surface area contributed by atoms with Crippen molar-refractivity contribution in [2.24, 2.45) is 5.73 Å². The van der Waals surface area contributed by atoms with E-state index in [1.54, 1.807) is 0 Å². The van der Waals surface area contributed by atoms with Gasteiger partial charge in [-0.3, -0.25) is 14.3 Å². The van der Waals surface area contributed by atoms with Gasteiger partial charge in [0.2, 0.25) is 5.82 Å². The standard InChI is InChI=1S/C9H12FN3O4/c10-4-2-13(9(16)12-8(4)15)7-1-5(11)6(3-14)17-7/h2,5-7,14H,1,3,11H2,(H,12,15,16)/t5?,6-,7-/m1/s1. The van der Waals surface area contributed by atoms with Gasteiger partial charge in [-0.1, -0.05) is 0 Å². The lowest BCUT2D eigenvalue weighted by atomic mass is 10.1. The maximum absolute atomic E-state index is 13.0. The first kappa shape index (κ1) is 12.0. The zero-order chi connectivity index (χ0) is 12.6. The quantitative estimate of drug-likeness (QED) is 0.574. The van der Waals surface area contributed by atoms with Crippen LogP contribution in [-0.4, -0.2) is 33.4 Å². The summed E-state index contributed by atoms with van der Waals surface area (Å²) in [7, 11) is 0. The summed E-state index contributed by atoms with van der Waals surface area (Å²) in [5.74, 6) is -1.07. The van der Waals surface area contributed by atoms with Gasteiger partial charge in [-0.2, -0.15) is 4.39 Å². The molecule has 0 radical (unpaired) electrons. The molecule has 1 aromatic rings. The molecule has 1 fully saturated rings. The van der Waals surface area contributed by atoms with Crippen molar-refractivity contribution >= 4 is 0 Å². The molecule has 1 unspecified atom stereocenters. The number of hydrogen-bond acceptors (Lipinski definition) is 5. The summed E-state index contributed by atoms with van der Waals surface area (Å²) in [5, 5.41) is 8.94. The highest BCUT2D eigenvalue weighted by Gasteiger charge is 2.33. The number of aromatic nitrogens is 2. The molecule has 0 saturated carbocycles. The molecule has 1 aliphatic heterocycles. The Kier molecular flexibility index (Phi) is 3.09. The van der Waals surface area contributed by atoms with Crippen LogP contribution in [0.25, 0.3) is 0 Å². The molecular formula is C9H12FN3O4. The maximum Gasteiger partial charge on any atom is 0.330 e. The van der Waals surface area contributed by atoms with Crippen LogP contribution in [-0.2, 0) is 4.74 Å². The average Bonchev–Trinajstić information content (AvgIpc) is 2.65. The lowest BCUT2D eigenvalue weighted by Gasteiger charge is -2.14. The molecule has 0 spiro atoms. The first-order valence-corrected chi connectivity index (χ1v) is 5.05. The molecule has 94 valence electrons. The van der Waals surface area contributed by atoms with Gasteiger partial charge in [0.25, 0.3) is 5.56 Å². The molecule has 8 heteroatoms. The third-order valence-electron chi connectivity index (χ3n) is 2.70. The number of nitrogens with zero attached hydrogens (tertiary/aromatic N) is 1. The Labute approximate surface area is 94.6 Å². The fourth-order valence-electron chi connectivity index (χ4n) is 1.78. The van der Waals surface area contributed by atoms with Crippen molar-refractivity contribution in [3.05, 3.63) is 32.9 Å². The Morgan fingerprint density at radius 3 is 2.94 bits per heavy atom. The van der Waals surface area contributed by atoms with Crippen molar-refractivity contribution in [3.63, 3.8) is 0 Å². The third-order valence-corrected chi connectivity index (χ3v) is 2.70. The SMILES string of the molecule is NC1C[C@H](n2cc(F)c(=O)[nH]c2=O)O[C@@H]1CO. The van der Waals surface area contributed by atoms with Crippen LogP contribution in [0.3, 0.4) is 0 Å². The molecule has 0 bridgehead atoms. The van der Waals surface area contributed by atoms with E-state index >= 15 is 0 Å². The average molecular weight is 245 g/mol. The summed E-state index contributed by atoms with van der Waals surface area (Å²) in [4.78, 5) is 24.1. The minimum atomic E-state index is -1.08. The normalized spacial score (nSPS) is 28.5. The van der Waals surface area contributed by atoms with Gasteiger partial charge in [0, 0.05) is 12.5 Å². The predicted molar refractivity (Wildman–Crippen MR) is 54.9 cm³/mol. The van der Waals surface area contributed by atoms with Crippen molar-refractivity contribution in [2.45, 2.75) is 24.8 Å². The molecule has 2 rings (SSSR count). The summed E-state index contributed by atoms with van der Waals surface area (Å²) in [6.45, 7) is -0.280. The minimum absolute atomic E-state index is 0.261. The van der Waals surface area contributed by atoms with Gasteiger partial charge in [0.15, 0.2) is 0 Å². The van der Waals surface area contributed by atoms with E-state index in [1.165, 1.54) is 0 Å². The molecule has 0 aromatic carbocycles. The number of nitrogens with one attached hydrogen (secondary N) is 1. The van der Waals surface area contributed by atoms with E-state index in [0.717, 1.165) is 10.8 Å². The topological polar surface area (TPSA) is 110 Å². The predicted octanol–water partition coefficient (Wildman–Crippen LogP) is -1.72. The number of ether oxygens (including phenoxy) is 1. The molecular weight excluding hydrogens is 233 g/mol. The van der Waals surface area contributed by atoms with Crippen molar-refractivity contribution in [1.82, 2.24) is 9.55 Å². The number of nitrogens with two attached hydrogens (primary N) is 1. The highest BCUT2D eigenvalue weighted by atomic mass is 19.1. The van der Waals surface area contributed by atoms with Crippen LogP contribution in [0.1, 0.15) is 12.6 Å². The Hall–Kier alpha value is -1.51. The molecule has 7 nitrogen and oxygen atoms in total. The smallest absolute Gasteiger partial charge is 0.330 e. The van der Waals surface area contributed by atoms with Crippen molar-refractivity contribution in [1.29, 1.82) is 0 Å². The van der Waals surface area contributed by atoms with Gasteiger partial charge < -0.3 is 15.6 Å². The van der Waals surface area contributed by atoms with Crippen LogP contribution in [0.2, 0.25) is 0 Å². The molecule has 4 N–H and O–H groups in total. The van der Waals surface area contributed by atoms with E-state index in [9.17, 15) is 14.0 Å². The van der Waals surface area contributed by atoms with Gasteiger partial charge in [-0.15, -0.1) is 0 Å². The number of hydrogen-bond donors (Lipinski definition) is 3. The number of halogens is 1. The van der Waals surface area contributed by atoms with Gasteiger partial charge >= 0.3 is 5.69 Å². The van der Waals surface area contributed by atoms with E-state index < -0.39 is 35.4 Å². The summed E-state index contributed by atoms with van der Waals surface area (Å²) in [5.41, 5.74) is 3.82. The maximum atomic E-state index is 13.0. The van der Waals surface area contributed by atoms with Gasteiger partial charge in [-0.05, 0) is 0 Å². The van der Waals surface area contributed by atoms with Crippen LogP contribution in [0, 0.1) is 5.82 Å². The summed E-state index contributed by atoms with van der Waals surface area (Å²) >= 11 is 0. The lowest BCUT2D eigenvalue weighted by molar-refractivity contribution is -0.0275. The van der Waals surface area contributed by atoms with E-state index in [4.69, 9.17) is 15.6 Å². The second-order valence-electron chi connectivity index (χ2n) is 3.85. The summed E-state index contributed by atoms with van der Waals surface area (Å²) < 4.78 is 19.3. The molecule has 2 heterocycles. The minimum Gasteiger partial charge on any atom is -0.394 e. The largest absolute Gasteiger partial charge is 0.394 e. The number of H-pyrrole nitrogens is 1. The van der Waals surface area contributed by atoms with Crippen molar-refractivity contribution in [2.75, 3.05) is 6.61 Å². The first-order chi connectivity index (χ1) is 8.02. The van der Waals surface area contributed by atoms with E-state index in [2.05, 4.69) is 0 Å². The number of aliphatic hydroxyl groups excluding tert-OH is 1. The third kappa shape index (κ3) is 2.14. The highest BCUT2D eigenvalue weighted by Crippen LogP contribution is 2.25. The fourth-order valence-corrected chi connectivity index (χ4v) is 1.78. The van der Waals surface area contributed by atoms with Gasteiger partial charge in [-0.25, -0.2) is 4.79 Å². The van der Waals surface area contributed by atoms with Crippen LogP contribution in [0.4, 0.5) is 4.39 Å². The monoisotopic (exact) mass is 245 g/mol. The Balaban J connectivity index is 2.34. The highest BCUT2D eigenvalue weighted by molar-refractivity contribution is 4.91. The van der Waals surface area contributed by atoms with Crippen molar-refractivity contribution < 1.29 is 14.2 Å². The fraction of sp³-hybridized carbons (Fsp3) is 0.556. The molecule has 3 atom stereocenters. The lowest BCUT2D eigenvalue weighted by Crippen LogP contribution is -2.34. The van der Waals surface area contributed by atoms with Crippen molar-refractivity contribution in [3.8, 4) is 0 Å². The van der Waals surface area contributed by atoms with Gasteiger partial charge in [0.1, 0.15) is 6.23 Å². The van der Waals surface area contributed by atoms with Crippen LogP contribution >= 0.6 is 0 Å². The second kappa shape index (κ2) is 4.40. The molecule has 17 heavy (non-hydrogen) atoms. The Morgan fingerprint density at radius 1 is 1.65 bits per heavy atom. The summed E-state index contributed by atoms with van der Waals surface area (Å²) in [6.07, 6.45) is -0.336. The van der Waals surface area contributed by atoms with Crippen LogP contribution < -0.4 is 17.0 Å². The number of aromatic amines is 1. The van der Waals surface area contributed by atoms with Gasteiger partial charge in [0.05, 0.1) is 18.9 Å². The molecule has 1 aromatic heterocycles. The van der Waals surface area contributed by atoms with Crippen LogP contribution in [0.5, 0.6) is 0 Å². The second-order valence-corrected chi connectivity index (χ2v) is 3.85. The zero-order valence-electron chi connectivity index (χ0n) is 8.80. The zero-order valence-corrected chi connectivity index (χ0v) is 8.80. The first-order valence-electron chi connectivity index (χ1n) is 5.05. The molecule has 0 aliphatic carbocycles. The molecule has 1 saturated heterocycles. The molecule has 1 aliphatic rings.